The molecule has 1 aliphatic heterocycles. The number of fused-ring (bicyclic) bond motifs is 1. The van der Waals surface area contributed by atoms with Crippen LogP contribution in [0.3, 0.4) is 0 Å². The number of nitrogens with one attached hydrogen (secondary N) is 1. The molecule has 1 atom stereocenters. The van der Waals surface area contributed by atoms with Crippen molar-refractivity contribution in [3.63, 3.8) is 0 Å². The minimum absolute atomic E-state index is 0.736. The van der Waals surface area contributed by atoms with E-state index in [0.29, 0.717) is 0 Å². The van der Waals surface area contributed by atoms with Gasteiger partial charge in [-0.2, -0.15) is 0 Å². The van der Waals surface area contributed by atoms with Gasteiger partial charge in [0.25, 0.3) is 0 Å². The summed E-state index contributed by atoms with van der Waals surface area (Å²) in [5.41, 5.74) is 3.57. The fourth-order valence-corrected chi connectivity index (χ4v) is 3.34. The van der Waals surface area contributed by atoms with Crippen LogP contribution >= 0.6 is 0 Å². The molecule has 4 nitrogen and oxygen atoms in total. The van der Waals surface area contributed by atoms with Gasteiger partial charge in [0.1, 0.15) is 5.75 Å². The van der Waals surface area contributed by atoms with E-state index in [9.17, 15) is 4.21 Å². The van der Waals surface area contributed by atoms with Gasteiger partial charge in [0.15, 0.2) is 0 Å². The third-order valence-electron chi connectivity index (χ3n) is 3.77. The SMILES string of the molecule is COc1cccc2[nH]cc(C3=CCN(S(C)=O)CC3)c12. The summed E-state index contributed by atoms with van der Waals surface area (Å²) >= 11 is 0. The first-order valence-electron chi connectivity index (χ1n) is 6.62. The Morgan fingerprint density at radius 2 is 2.25 bits per heavy atom. The topological polar surface area (TPSA) is 45.3 Å². The highest BCUT2D eigenvalue weighted by Gasteiger charge is 2.18. The van der Waals surface area contributed by atoms with E-state index in [1.54, 1.807) is 13.4 Å². The maximum absolute atomic E-state index is 11.5. The van der Waals surface area contributed by atoms with Crippen molar-refractivity contribution in [2.75, 3.05) is 26.5 Å². The average molecular weight is 290 g/mol. The van der Waals surface area contributed by atoms with Crippen LogP contribution in [-0.4, -0.2) is 40.0 Å². The fraction of sp³-hybridized carbons (Fsp3) is 0.333. The number of aromatic amines is 1. The van der Waals surface area contributed by atoms with E-state index in [0.717, 1.165) is 36.2 Å². The Hall–Kier alpha value is -1.59. The summed E-state index contributed by atoms with van der Waals surface area (Å²) in [5, 5.41) is 1.13. The smallest absolute Gasteiger partial charge is 0.128 e. The summed E-state index contributed by atoms with van der Waals surface area (Å²) < 4.78 is 18.9. The molecule has 1 aliphatic rings. The van der Waals surface area contributed by atoms with Gasteiger partial charge < -0.3 is 9.72 Å². The molecule has 0 spiro atoms. The molecule has 0 saturated carbocycles. The van der Waals surface area contributed by atoms with Crippen LogP contribution in [0.5, 0.6) is 5.75 Å². The molecular weight excluding hydrogens is 272 g/mol. The van der Waals surface area contributed by atoms with Crippen LogP contribution in [-0.2, 0) is 11.0 Å². The highest BCUT2D eigenvalue weighted by atomic mass is 32.2. The van der Waals surface area contributed by atoms with Gasteiger partial charge in [-0.1, -0.05) is 12.1 Å². The van der Waals surface area contributed by atoms with Crippen LogP contribution in [0.25, 0.3) is 16.5 Å². The zero-order valence-electron chi connectivity index (χ0n) is 11.7. The lowest BCUT2D eigenvalue weighted by atomic mass is 9.99. The highest BCUT2D eigenvalue weighted by Crippen LogP contribution is 2.34. The Labute approximate surface area is 121 Å². The quantitative estimate of drug-likeness (QED) is 0.944. The normalized spacial score (nSPS) is 18.0. The molecule has 1 N–H and O–H groups in total. The van der Waals surface area contributed by atoms with Crippen LogP contribution in [0, 0.1) is 0 Å². The summed E-state index contributed by atoms with van der Waals surface area (Å²) in [6, 6.07) is 6.02. The lowest BCUT2D eigenvalue weighted by Crippen LogP contribution is -2.29. The summed E-state index contributed by atoms with van der Waals surface area (Å²) in [6.45, 7) is 1.57. The molecule has 1 aromatic heterocycles. The van der Waals surface area contributed by atoms with Crippen LogP contribution in [0.15, 0.2) is 30.5 Å². The van der Waals surface area contributed by atoms with Crippen molar-refractivity contribution in [1.82, 2.24) is 9.29 Å². The molecule has 5 heteroatoms. The number of aromatic nitrogens is 1. The Kier molecular flexibility index (Phi) is 3.63. The van der Waals surface area contributed by atoms with Crippen molar-refractivity contribution in [3.8, 4) is 5.75 Å². The number of hydrogen-bond acceptors (Lipinski definition) is 2. The summed E-state index contributed by atoms with van der Waals surface area (Å²) in [5.74, 6) is 0.890. The van der Waals surface area contributed by atoms with E-state index in [1.165, 1.54) is 11.1 Å². The van der Waals surface area contributed by atoms with E-state index in [2.05, 4.69) is 17.1 Å². The molecule has 1 aromatic carbocycles. The second kappa shape index (κ2) is 5.42. The summed E-state index contributed by atoms with van der Waals surface area (Å²) in [4.78, 5) is 3.30. The average Bonchev–Trinajstić information content (AvgIpc) is 2.91. The molecule has 0 fully saturated rings. The van der Waals surface area contributed by atoms with Crippen molar-refractivity contribution in [2.45, 2.75) is 6.42 Å². The minimum Gasteiger partial charge on any atom is -0.496 e. The second-order valence-electron chi connectivity index (χ2n) is 4.88. The van der Waals surface area contributed by atoms with Gasteiger partial charge in [-0.25, -0.2) is 8.51 Å². The first-order valence-corrected chi connectivity index (χ1v) is 8.14. The van der Waals surface area contributed by atoms with Crippen molar-refractivity contribution < 1.29 is 8.95 Å². The lowest BCUT2D eigenvalue weighted by molar-refractivity contribution is 0.420. The van der Waals surface area contributed by atoms with E-state index >= 15 is 0 Å². The maximum Gasteiger partial charge on any atom is 0.128 e. The van der Waals surface area contributed by atoms with Gasteiger partial charge in [0.2, 0.25) is 0 Å². The summed E-state index contributed by atoms with van der Waals surface area (Å²) in [7, 11) is 0.807. The van der Waals surface area contributed by atoms with Crippen LogP contribution in [0.2, 0.25) is 0 Å². The highest BCUT2D eigenvalue weighted by molar-refractivity contribution is 7.81. The van der Waals surface area contributed by atoms with E-state index in [4.69, 9.17) is 4.74 Å². The number of rotatable bonds is 3. The molecule has 2 aromatic rings. The van der Waals surface area contributed by atoms with E-state index < -0.39 is 11.0 Å². The van der Waals surface area contributed by atoms with Crippen molar-refractivity contribution in [2.24, 2.45) is 0 Å². The predicted molar refractivity (Wildman–Crippen MR) is 83.1 cm³/mol. The van der Waals surface area contributed by atoms with Gasteiger partial charge >= 0.3 is 0 Å². The van der Waals surface area contributed by atoms with Crippen LogP contribution in [0.4, 0.5) is 0 Å². The zero-order chi connectivity index (χ0) is 14.1. The number of hydrogen-bond donors (Lipinski definition) is 1. The third-order valence-corrected chi connectivity index (χ3v) is 4.83. The third kappa shape index (κ3) is 2.27. The van der Waals surface area contributed by atoms with Crippen molar-refractivity contribution in [3.05, 3.63) is 36.0 Å². The van der Waals surface area contributed by atoms with Gasteiger partial charge in [-0.3, -0.25) is 0 Å². The van der Waals surface area contributed by atoms with Gasteiger partial charge in [-0.15, -0.1) is 0 Å². The second-order valence-corrected chi connectivity index (χ2v) is 6.24. The maximum atomic E-state index is 11.5. The molecule has 0 bridgehead atoms. The molecular formula is C15H18N2O2S. The standard InChI is InChI=1S/C15H18N2O2S/c1-19-14-5-3-4-13-15(14)12(10-16-13)11-6-8-17(9-7-11)20(2)18/h3-6,10,16H,7-9H2,1-2H3. The number of benzene rings is 1. The molecule has 1 unspecified atom stereocenters. The van der Waals surface area contributed by atoms with Crippen LogP contribution in [0.1, 0.15) is 12.0 Å². The largest absolute Gasteiger partial charge is 0.496 e. The monoisotopic (exact) mass is 290 g/mol. The molecule has 3 rings (SSSR count). The van der Waals surface area contributed by atoms with Gasteiger partial charge in [0.05, 0.1) is 18.1 Å². The number of methoxy groups -OCH3 is 1. The van der Waals surface area contributed by atoms with Gasteiger partial charge in [-0.05, 0) is 24.1 Å². The first-order chi connectivity index (χ1) is 9.70. The van der Waals surface area contributed by atoms with Gasteiger partial charge in [0, 0.05) is 42.0 Å². The lowest BCUT2D eigenvalue weighted by Gasteiger charge is -2.23. The zero-order valence-corrected chi connectivity index (χ0v) is 12.5. The van der Waals surface area contributed by atoms with Crippen molar-refractivity contribution >= 4 is 27.5 Å². The van der Waals surface area contributed by atoms with Crippen LogP contribution < -0.4 is 4.74 Å². The number of ether oxygens (including phenoxy) is 1. The van der Waals surface area contributed by atoms with E-state index in [-0.39, 0.29) is 0 Å². The first kappa shape index (κ1) is 13.4. The number of nitrogens with zero attached hydrogens (tertiary/aromatic N) is 1. The molecule has 0 amide bonds. The number of H-pyrrole nitrogens is 1. The molecule has 2 heterocycles. The molecule has 0 radical (unpaired) electrons. The fourth-order valence-electron chi connectivity index (χ4n) is 2.70. The molecule has 106 valence electrons. The Morgan fingerprint density at radius 1 is 1.40 bits per heavy atom. The Morgan fingerprint density at radius 3 is 2.90 bits per heavy atom. The molecule has 0 saturated heterocycles. The predicted octanol–water partition coefficient (Wildman–Crippen LogP) is 2.56. The molecule has 20 heavy (non-hydrogen) atoms. The molecule has 0 aliphatic carbocycles. The summed E-state index contributed by atoms with van der Waals surface area (Å²) in [6.07, 6.45) is 6.84. The van der Waals surface area contributed by atoms with E-state index in [1.807, 2.05) is 22.6 Å². The minimum atomic E-state index is -0.891. The Balaban J connectivity index is 2.01. The Bertz CT molecular complexity index is 690. The van der Waals surface area contributed by atoms with Crippen molar-refractivity contribution in [1.29, 1.82) is 0 Å².